The van der Waals surface area contributed by atoms with Crippen molar-refractivity contribution in [1.29, 1.82) is 0 Å². The van der Waals surface area contributed by atoms with Crippen LogP contribution in [-0.4, -0.2) is 30.8 Å². The molecule has 1 aromatic carbocycles. The molecule has 0 saturated carbocycles. The summed E-state index contributed by atoms with van der Waals surface area (Å²) in [4.78, 5) is 12.1. The second-order valence-corrected chi connectivity index (χ2v) is 5.55. The van der Waals surface area contributed by atoms with Gasteiger partial charge in [-0.2, -0.15) is 0 Å². The van der Waals surface area contributed by atoms with Gasteiger partial charge in [0.1, 0.15) is 11.9 Å². The van der Waals surface area contributed by atoms with Crippen molar-refractivity contribution in [2.24, 2.45) is 5.73 Å². The summed E-state index contributed by atoms with van der Waals surface area (Å²) < 4.78 is 11.3. The van der Waals surface area contributed by atoms with Crippen molar-refractivity contribution < 1.29 is 14.3 Å². The number of nitrogens with one attached hydrogen (secondary N) is 1. The second-order valence-electron chi connectivity index (χ2n) is 5.55. The van der Waals surface area contributed by atoms with E-state index in [2.05, 4.69) is 5.32 Å². The van der Waals surface area contributed by atoms with Gasteiger partial charge in [0, 0.05) is 18.7 Å². The van der Waals surface area contributed by atoms with Crippen LogP contribution in [0.15, 0.2) is 24.3 Å². The molecule has 1 aromatic rings. The van der Waals surface area contributed by atoms with Gasteiger partial charge in [0.05, 0.1) is 12.2 Å². The molecule has 22 heavy (non-hydrogen) atoms. The zero-order valence-electron chi connectivity index (χ0n) is 13.1. The number of halogens is 1. The third kappa shape index (κ3) is 5.16. The highest BCUT2D eigenvalue weighted by Gasteiger charge is 2.29. The first-order chi connectivity index (χ1) is 10.1. The summed E-state index contributed by atoms with van der Waals surface area (Å²) in [5.74, 6) is 0.727. The summed E-state index contributed by atoms with van der Waals surface area (Å²) in [5, 5.41) is 2.91. The maximum absolute atomic E-state index is 12.1. The van der Waals surface area contributed by atoms with E-state index in [-0.39, 0.29) is 36.6 Å². The maximum atomic E-state index is 12.1. The van der Waals surface area contributed by atoms with Gasteiger partial charge in [0.25, 0.3) is 0 Å². The lowest BCUT2D eigenvalue weighted by molar-refractivity contribution is -0.132. The minimum atomic E-state index is -0.378. The van der Waals surface area contributed by atoms with Crippen LogP contribution in [0.4, 0.5) is 0 Å². The van der Waals surface area contributed by atoms with E-state index >= 15 is 0 Å². The minimum Gasteiger partial charge on any atom is -0.491 e. The number of hydrogen-bond donors (Lipinski definition) is 2. The molecule has 0 aliphatic carbocycles. The first-order valence-corrected chi connectivity index (χ1v) is 7.48. The molecule has 2 atom stereocenters. The van der Waals surface area contributed by atoms with Crippen LogP contribution in [0.2, 0.25) is 0 Å². The normalized spacial score (nSPS) is 20.5. The Morgan fingerprint density at radius 2 is 2.14 bits per heavy atom. The van der Waals surface area contributed by atoms with E-state index in [1.165, 1.54) is 0 Å². The van der Waals surface area contributed by atoms with Crippen molar-refractivity contribution in [1.82, 2.24) is 5.32 Å². The van der Waals surface area contributed by atoms with Crippen molar-refractivity contribution >= 4 is 18.3 Å². The second kappa shape index (κ2) is 8.98. The smallest absolute Gasteiger partial charge is 0.249 e. The fraction of sp³-hybridized carbons (Fsp3) is 0.562. The fourth-order valence-electron chi connectivity index (χ4n) is 2.39. The number of rotatable bonds is 6. The highest BCUT2D eigenvalue weighted by Crippen LogP contribution is 2.21. The molecule has 2 rings (SSSR count). The van der Waals surface area contributed by atoms with Gasteiger partial charge in [-0.25, -0.2) is 0 Å². The standard InChI is InChI=1S/C16H24N2O3.ClH/c1-11(2)20-14-6-4-3-5-12(14)10-18-16(19)15-8-7-13(9-17)21-15;/h3-6,11,13,15H,7-10,17H2,1-2H3,(H,18,19);1H/t13-,15+;/m1./s1. The Kier molecular flexibility index (Phi) is 7.65. The van der Waals surface area contributed by atoms with Crippen LogP contribution >= 0.6 is 12.4 Å². The maximum Gasteiger partial charge on any atom is 0.249 e. The number of nitrogens with two attached hydrogens (primary N) is 1. The lowest BCUT2D eigenvalue weighted by Crippen LogP contribution is -2.35. The molecule has 0 aromatic heterocycles. The van der Waals surface area contributed by atoms with E-state index in [0.29, 0.717) is 13.1 Å². The molecular formula is C16H25ClN2O3. The average molecular weight is 329 g/mol. The van der Waals surface area contributed by atoms with Gasteiger partial charge in [-0.3, -0.25) is 4.79 Å². The van der Waals surface area contributed by atoms with Gasteiger partial charge in [0.2, 0.25) is 5.91 Å². The molecule has 1 heterocycles. The van der Waals surface area contributed by atoms with Crippen LogP contribution in [0.5, 0.6) is 5.75 Å². The minimum absolute atomic E-state index is 0. The SMILES string of the molecule is CC(C)Oc1ccccc1CNC(=O)[C@@H]1CC[C@H](CN)O1.Cl. The largest absolute Gasteiger partial charge is 0.491 e. The van der Waals surface area contributed by atoms with Gasteiger partial charge in [-0.1, -0.05) is 18.2 Å². The molecule has 6 heteroatoms. The van der Waals surface area contributed by atoms with E-state index < -0.39 is 0 Å². The topological polar surface area (TPSA) is 73.6 Å². The van der Waals surface area contributed by atoms with E-state index in [1.807, 2.05) is 38.1 Å². The Balaban J connectivity index is 0.00000242. The zero-order chi connectivity index (χ0) is 15.2. The van der Waals surface area contributed by atoms with Gasteiger partial charge in [0.15, 0.2) is 0 Å². The summed E-state index contributed by atoms with van der Waals surface area (Å²) in [5.41, 5.74) is 6.52. The number of benzene rings is 1. The number of ether oxygens (including phenoxy) is 2. The number of amides is 1. The monoisotopic (exact) mass is 328 g/mol. The Bertz CT molecular complexity index is 482. The molecule has 124 valence electrons. The quantitative estimate of drug-likeness (QED) is 0.838. The van der Waals surface area contributed by atoms with Gasteiger partial charge in [-0.15, -0.1) is 12.4 Å². The number of carbonyl (C=O) groups is 1. The van der Waals surface area contributed by atoms with Crippen LogP contribution < -0.4 is 15.8 Å². The molecular weight excluding hydrogens is 304 g/mol. The van der Waals surface area contributed by atoms with Crippen LogP contribution in [0, 0.1) is 0 Å². The van der Waals surface area contributed by atoms with Crippen molar-refractivity contribution in [2.45, 2.75) is 51.5 Å². The molecule has 0 radical (unpaired) electrons. The van der Waals surface area contributed by atoms with Gasteiger partial charge < -0.3 is 20.5 Å². The molecule has 3 N–H and O–H groups in total. The third-order valence-electron chi connectivity index (χ3n) is 3.45. The molecule has 1 amide bonds. The predicted octanol–water partition coefficient (Wildman–Crippen LogP) is 2.02. The molecule has 5 nitrogen and oxygen atoms in total. The first-order valence-electron chi connectivity index (χ1n) is 7.48. The molecule has 0 unspecified atom stereocenters. The Labute approximate surface area is 138 Å². The lowest BCUT2D eigenvalue weighted by atomic mass is 10.1. The van der Waals surface area contributed by atoms with Crippen molar-refractivity contribution in [3.63, 3.8) is 0 Å². The van der Waals surface area contributed by atoms with Gasteiger partial charge in [-0.05, 0) is 32.8 Å². The van der Waals surface area contributed by atoms with Crippen molar-refractivity contribution in [2.75, 3.05) is 6.54 Å². The van der Waals surface area contributed by atoms with E-state index in [0.717, 1.165) is 24.2 Å². The summed E-state index contributed by atoms with van der Waals surface area (Å²) in [6.07, 6.45) is 1.32. The van der Waals surface area contributed by atoms with Crippen LogP contribution in [0.1, 0.15) is 32.3 Å². The summed E-state index contributed by atoms with van der Waals surface area (Å²) in [6.45, 7) is 4.87. The zero-order valence-corrected chi connectivity index (χ0v) is 13.9. The van der Waals surface area contributed by atoms with E-state index in [9.17, 15) is 4.79 Å². The molecule has 1 fully saturated rings. The molecule has 0 bridgehead atoms. The fourth-order valence-corrected chi connectivity index (χ4v) is 2.39. The highest BCUT2D eigenvalue weighted by molar-refractivity contribution is 5.85. The van der Waals surface area contributed by atoms with Crippen LogP contribution in [0.25, 0.3) is 0 Å². The van der Waals surface area contributed by atoms with E-state index in [1.54, 1.807) is 0 Å². The summed E-state index contributed by atoms with van der Waals surface area (Å²) >= 11 is 0. The Hall–Kier alpha value is -1.30. The summed E-state index contributed by atoms with van der Waals surface area (Å²) in [6, 6.07) is 7.73. The molecule has 1 saturated heterocycles. The van der Waals surface area contributed by atoms with Crippen LogP contribution in [-0.2, 0) is 16.1 Å². The van der Waals surface area contributed by atoms with Gasteiger partial charge >= 0.3 is 0 Å². The molecule has 1 aliphatic rings. The highest BCUT2D eigenvalue weighted by atomic mass is 35.5. The lowest BCUT2D eigenvalue weighted by Gasteiger charge is -2.16. The molecule has 0 spiro atoms. The molecule has 1 aliphatic heterocycles. The van der Waals surface area contributed by atoms with Crippen LogP contribution in [0.3, 0.4) is 0 Å². The average Bonchev–Trinajstić information content (AvgIpc) is 2.94. The third-order valence-corrected chi connectivity index (χ3v) is 3.45. The number of para-hydroxylation sites is 1. The predicted molar refractivity (Wildman–Crippen MR) is 88.3 cm³/mol. The summed E-state index contributed by atoms with van der Waals surface area (Å²) in [7, 11) is 0. The Morgan fingerprint density at radius 1 is 1.41 bits per heavy atom. The Morgan fingerprint density at radius 3 is 2.77 bits per heavy atom. The first kappa shape index (κ1) is 18.7. The van der Waals surface area contributed by atoms with Crippen molar-refractivity contribution in [3.05, 3.63) is 29.8 Å². The number of carbonyl (C=O) groups excluding carboxylic acids is 1. The van der Waals surface area contributed by atoms with Crippen molar-refractivity contribution in [3.8, 4) is 5.75 Å². The number of hydrogen-bond acceptors (Lipinski definition) is 4. The van der Waals surface area contributed by atoms with E-state index in [4.69, 9.17) is 15.2 Å².